The molecule has 4 fully saturated rings. The maximum absolute atomic E-state index is 10.8. The molecule has 1 saturated heterocycles. The van der Waals surface area contributed by atoms with Gasteiger partial charge in [-0.25, -0.2) is 0 Å². The number of aromatic nitrogens is 1. The quantitative estimate of drug-likeness (QED) is 0.638. The molecule has 3 heteroatoms. The van der Waals surface area contributed by atoms with Crippen molar-refractivity contribution in [1.82, 2.24) is 4.98 Å². The van der Waals surface area contributed by atoms with Crippen LogP contribution in [0.25, 0.3) is 10.8 Å². The summed E-state index contributed by atoms with van der Waals surface area (Å²) in [6.07, 6.45) is 16.6. The predicted octanol–water partition coefficient (Wildman–Crippen LogP) is 5.69. The number of hydrogen-bond acceptors (Lipinski definition) is 3. The van der Waals surface area contributed by atoms with Crippen LogP contribution in [0.4, 0.5) is 0 Å². The van der Waals surface area contributed by atoms with Gasteiger partial charge >= 0.3 is 0 Å². The van der Waals surface area contributed by atoms with Crippen LogP contribution < -0.4 is 0 Å². The fourth-order valence-corrected chi connectivity index (χ4v) is 9.02. The van der Waals surface area contributed by atoms with Gasteiger partial charge in [-0.15, -0.1) is 0 Å². The summed E-state index contributed by atoms with van der Waals surface area (Å²) in [4.78, 5) is 4.36. The molecule has 1 aromatic heterocycles. The smallest absolute Gasteiger partial charge is 0.0975 e. The van der Waals surface area contributed by atoms with Crippen LogP contribution in [0.2, 0.25) is 0 Å². The van der Waals surface area contributed by atoms with E-state index in [2.05, 4.69) is 48.3 Å². The summed E-state index contributed by atoms with van der Waals surface area (Å²) in [5.74, 6) is 2.18. The highest BCUT2D eigenvalue weighted by atomic mass is 16.5. The lowest BCUT2D eigenvalue weighted by Gasteiger charge is -2.54. The minimum absolute atomic E-state index is 0.134. The SMILES string of the molecule is C[C@]12CC=C3C=C4[C@H]5C[C@H]5[C@@H](O)C[C@]45CCC3(O5)[C@@H]1CC[C@@H]2c1ccc2ccncc2c1. The van der Waals surface area contributed by atoms with Crippen LogP contribution in [0.1, 0.15) is 63.4 Å². The van der Waals surface area contributed by atoms with Gasteiger partial charge in [0, 0.05) is 24.2 Å². The van der Waals surface area contributed by atoms with Gasteiger partial charge in [0.1, 0.15) is 0 Å². The van der Waals surface area contributed by atoms with E-state index < -0.39 is 0 Å². The van der Waals surface area contributed by atoms with E-state index in [1.807, 2.05) is 12.4 Å². The normalized spacial score (nSPS) is 47.8. The number of benzene rings is 1. The fraction of sp³-hybridized carbons (Fsp3) is 0.552. The second-order valence-electron chi connectivity index (χ2n) is 11.9. The third-order valence-corrected chi connectivity index (χ3v) is 10.6. The third kappa shape index (κ3) is 2.09. The standard InChI is InChI=1S/C29H31NO2/c1-27-8-6-20-13-24-21-14-22(21)25(31)15-28(24)9-10-29(20,32-28)26(27)5-4-23(27)18-3-2-17-7-11-30-16-19(17)12-18/h2-3,6-7,11-13,16,21-23,25-26,31H,4-5,8-10,14-15H2,1H3/t21-,22+,23+,25-,26+,27+,28+,29?/m0/s1. The number of pyridine rings is 1. The first-order valence-corrected chi connectivity index (χ1v) is 12.7. The highest BCUT2D eigenvalue weighted by Crippen LogP contribution is 2.71. The zero-order chi connectivity index (χ0) is 21.3. The van der Waals surface area contributed by atoms with Crippen molar-refractivity contribution < 1.29 is 9.84 Å². The Hall–Kier alpha value is -1.97. The molecule has 3 heterocycles. The van der Waals surface area contributed by atoms with Crippen molar-refractivity contribution >= 4 is 10.8 Å². The van der Waals surface area contributed by atoms with E-state index >= 15 is 0 Å². The molecule has 0 radical (unpaired) electrons. The summed E-state index contributed by atoms with van der Waals surface area (Å²) in [5.41, 5.74) is 4.38. The van der Waals surface area contributed by atoms with Crippen molar-refractivity contribution in [2.75, 3.05) is 0 Å². The molecule has 1 N–H and O–H groups in total. The van der Waals surface area contributed by atoms with E-state index in [0.717, 1.165) is 25.7 Å². The van der Waals surface area contributed by atoms with Crippen LogP contribution in [0.5, 0.6) is 0 Å². The molecule has 2 bridgehead atoms. The summed E-state index contributed by atoms with van der Waals surface area (Å²) in [6, 6.07) is 9.13. The molecule has 2 aromatic rings. The van der Waals surface area contributed by atoms with E-state index in [-0.39, 0.29) is 22.7 Å². The Bertz CT molecular complexity index is 1230. The number of allylic oxidation sites excluding steroid dienone is 1. The van der Waals surface area contributed by atoms with Crippen LogP contribution in [0.15, 0.2) is 60.0 Å². The molecule has 8 atom stereocenters. The van der Waals surface area contributed by atoms with Gasteiger partial charge in [-0.3, -0.25) is 4.98 Å². The molecular weight excluding hydrogens is 394 g/mol. The molecule has 2 spiro atoms. The summed E-state index contributed by atoms with van der Waals surface area (Å²) in [7, 11) is 0. The van der Waals surface area contributed by atoms with Gasteiger partial charge in [0.15, 0.2) is 0 Å². The number of aliphatic hydroxyl groups excluding tert-OH is 1. The van der Waals surface area contributed by atoms with Crippen molar-refractivity contribution in [3.63, 3.8) is 0 Å². The molecule has 1 unspecified atom stereocenters. The lowest BCUT2D eigenvalue weighted by atomic mass is 9.58. The Labute approximate surface area is 189 Å². The zero-order valence-electron chi connectivity index (χ0n) is 18.8. The van der Waals surface area contributed by atoms with E-state index in [0.29, 0.717) is 23.7 Å². The Kier molecular flexibility index (Phi) is 3.31. The minimum atomic E-state index is -0.181. The molecule has 2 aliphatic heterocycles. The lowest BCUT2D eigenvalue weighted by molar-refractivity contribution is -0.145. The molecule has 32 heavy (non-hydrogen) atoms. The summed E-state index contributed by atoms with van der Waals surface area (Å²) in [6.45, 7) is 2.53. The highest BCUT2D eigenvalue weighted by Gasteiger charge is 2.69. The number of fused-ring (bicyclic) bond motifs is 4. The van der Waals surface area contributed by atoms with Crippen molar-refractivity contribution in [1.29, 1.82) is 0 Å². The Morgan fingerprint density at radius 2 is 2.06 bits per heavy atom. The molecular formula is C29H31NO2. The van der Waals surface area contributed by atoms with Crippen LogP contribution in [-0.2, 0) is 4.74 Å². The molecule has 6 aliphatic rings. The molecule has 4 aliphatic carbocycles. The Morgan fingerprint density at radius 1 is 1.12 bits per heavy atom. The van der Waals surface area contributed by atoms with Gasteiger partial charge in [-0.05, 0) is 102 Å². The molecule has 3 saturated carbocycles. The minimum Gasteiger partial charge on any atom is -0.393 e. The topological polar surface area (TPSA) is 42.4 Å². The fourth-order valence-electron chi connectivity index (χ4n) is 9.02. The van der Waals surface area contributed by atoms with Crippen LogP contribution >= 0.6 is 0 Å². The maximum atomic E-state index is 10.8. The van der Waals surface area contributed by atoms with Crippen molar-refractivity contribution in [3.05, 3.63) is 65.5 Å². The van der Waals surface area contributed by atoms with Crippen molar-refractivity contribution in [2.45, 2.75) is 75.1 Å². The summed E-state index contributed by atoms with van der Waals surface area (Å²) >= 11 is 0. The maximum Gasteiger partial charge on any atom is 0.0975 e. The zero-order valence-corrected chi connectivity index (χ0v) is 18.8. The number of hydrogen-bond donors (Lipinski definition) is 1. The van der Waals surface area contributed by atoms with Gasteiger partial charge in [0.2, 0.25) is 0 Å². The first kappa shape index (κ1) is 18.5. The van der Waals surface area contributed by atoms with E-state index in [9.17, 15) is 5.11 Å². The molecule has 1 aromatic carbocycles. The van der Waals surface area contributed by atoms with Gasteiger partial charge in [-0.2, -0.15) is 0 Å². The van der Waals surface area contributed by atoms with E-state index in [1.165, 1.54) is 46.7 Å². The largest absolute Gasteiger partial charge is 0.393 e. The number of aliphatic hydroxyl groups is 1. The predicted molar refractivity (Wildman–Crippen MR) is 124 cm³/mol. The Morgan fingerprint density at radius 3 is 3.00 bits per heavy atom. The number of rotatable bonds is 1. The molecule has 8 rings (SSSR count). The molecule has 0 amide bonds. The lowest BCUT2D eigenvalue weighted by Crippen LogP contribution is -2.54. The first-order valence-electron chi connectivity index (χ1n) is 12.7. The number of ether oxygens (including phenoxy) is 1. The van der Waals surface area contributed by atoms with Crippen LogP contribution in [0.3, 0.4) is 0 Å². The van der Waals surface area contributed by atoms with Crippen molar-refractivity contribution in [3.8, 4) is 0 Å². The third-order valence-electron chi connectivity index (χ3n) is 10.6. The Balaban J connectivity index is 1.22. The van der Waals surface area contributed by atoms with E-state index in [1.54, 1.807) is 0 Å². The van der Waals surface area contributed by atoms with Gasteiger partial charge in [-0.1, -0.05) is 31.2 Å². The average molecular weight is 426 g/mol. The van der Waals surface area contributed by atoms with Gasteiger partial charge in [0.25, 0.3) is 0 Å². The highest BCUT2D eigenvalue weighted by molar-refractivity contribution is 5.82. The average Bonchev–Trinajstić information content (AvgIpc) is 3.44. The number of nitrogens with zero attached hydrogens (tertiary/aromatic N) is 1. The first-order chi connectivity index (χ1) is 15.5. The van der Waals surface area contributed by atoms with Gasteiger partial charge in [0.05, 0.1) is 17.3 Å². The summed E-state index contributed by atoms with van der Waals surface area (Å²) < 4.78 is 7.27. The summed E-state index contributed by atoms with van der Waals surface area (Å²) in [5, 5.41) is 13.3. The van der Waals surface area contributed by atoms with Crippen LogP contribution in [0, 0.1) is 23.2 Å². The second kappa shape index (κ2) is 5.74. The van der Waals surface area contributed by atoms with Gasteiger partial charge < -0.3 is 9.84 Å². The van der Waals surface area contributed by atoms with Crippen molar-refractivity contribution in [2.24, 2.45) is 23.2 Å². The van der Waals surface area contributed by atoms with Crippen LogP contribution in [-0.4, -0.2) is 27.4 Å². The molecule has 164 valence electrons. The second-order valence-corrected chi connectivity index (χ2v) is 11.9. The monoisotopic (exact) mass is 425 g/mol. The molecule has 3 nitrogen and oxygen atoms in total. The van der Waals surface area contributed by atoms with E-state index in [4.69, 9.17) is 4.74 Å².